The largest absolute Gasteiger partial charge is 0.433 e. The van der Waals surface area contributed by atoms with E-state index in [4.69, 9.17) is 4.74 Å². The second kappa shape index (κ2) is 9.56. The van der Waals surface area contributed by atoms with Crippen LogP contribution in [0.3, 0.4) is 0 Å². The van der Waals surface area contributed by atoms with Crippen LogP contribution in [0.4, 0.5) is 19.1 Å². The molecule has 0 aliphatic carbocycles. The number of aromatic nitrogens is 2. The van der Waals surface area contributed by atoms with Crippen molar-refractivity contribution in [2.75, 3.05) is 45.2 Å². The SMILES string of the molecule is CCOC1CCN(C(=NC)NCCNc2nccc(C(F)(F)F)n2)CC1. The van der Waals surface area contributed by atoms with Crippen LogP contribution in [0.15, 0.2) is 17.3 Å². The quantitative estimate of drug-likeness (QED) is 0.451. The maximum Gasteiger partial charge on any atom is 0.433 e. The number of alkyl halides is 3. The Kier molecular flexibility index (Phi) is 7.43. The molecule has 1 aliphatic rings. The van der Waals surface area contributed by atoms with E-state index in [0.717, 1.165) is 50.8 Å². The molecule has 0 atom stereocenters. The van der Waals surface area contributed by atoms with Gasteiger partial charge in [-0.2, -0.15) is 13.2 Å². The van der Waals surface area contributed by atoms with Gasteiger partial charge in [-0.15, -0.1) is 0 Å². The summed E-state index contributed by atoms with van der Waals surface area (Å²) in [6, 6.07) is 0.844. The summed E-state index contributed by atoms with van der Waals surface area (Å²) < 4.78 is 43.5. The molecule has 1 fully saturated rings. The number of guanidine groups is 1. The average molecular weight is 374 g/mol. The zero-order valence-electron chi connectivity index (χ0n) is 15.0. The van der Waals surface area contributed by atoms with Crippen LogP contribution in [0.5, 0.6) is 0 Å². The predicted molar refractivity (Wildman–Crippen MR) is 93.1 cm³/mol. The third-order valence-electron chi connectivity index (χ3n) is 3.99. The van der Waals surface area contributed by atoms with Crippen molar-refractivity contribution in [3.8, 4) is 0 Å². The van der Waals surface area contributed by atoms with Crippen molar-refractivity contribution in [1.82, 2.24) is 20.2 Å². The Balaban J connectivity index is 1.75. The molecule has 0 unspecified atom stereocenters. The summed E-state index contributed by atoms with van der Waals surface area (Å²) in [6.07, 6.45) is -1.19. The van der Waals surface area contributed by atoms with E-state index >= 15 is 0 Å². The molecule has 26 heavy (non-hydrogen) atoms. The number of nitrogens with zero attached hydrogens (tertiary/aromatic N) is 4. The highest BCUT2D eigenvalue weighted by molar-refractivity contribution is 5.80. The molecule has 1 saturated heterocycles. The lowest BCUT2D eigenvalue weighted by Gasteiger charge is -2.34. The number of hydrogen-bond acceptors (Lipinski definition) is 5. The van der Waals surface area contributed by atoms with Crippen molar-refractivity contribution < 1.29 is 17.9 Å². The summed E-state index contributed by atoms with van der Waals surface area (Å²) in [5, 5.41) is 5.98. The molecule has 1 aliphatic heterocycles. The Morgan fingerprint density at radius 1 is 1.35 bits per heavy atom. The first-order valence-corrected chi connectivity index (χ1v) is 8.65. The van der Waals surface area contributed by atoms with Gasteiger partial charge < -0.3 is 20.3 Å². The van der Waals surface area contributed by atoms with Gasteiger partial charge in [0.15, 0.2) is 5.96 Å². The number of halogens is 3. The van der Waals surface area contributed by atoms with Crippen molar-refractivity contribution >= 4 is 11.9 Å². The Bertz CT molecular complexity index is 588. The van der Waals surface area contributed by atoms with Crippen LogP contribution < -0.4 is 10.6 Å². The molecule has 10 heteroatoms. The third-order valence-corrected chi connectivity index (χ3v) is 3.99. The van der Waals surface area contributed by atoms with Crippen LogP contribution in [0.2, 0.25) is 0 Å². The molecular formula is C16H25F3N6O. The smallest absolute Gasteiger partial charge is 0.378 e. The van der Waals surface area contributed by atoms with Crippen molar-refractivity contribution in [3.05, 3.63) is 18.0 Å². The molecule has 2 N–H and O–H groups in total. The number of ether oxygens (including phenoxy) is 1. The van der Waals surface area contributed by atoms with E-state index in [1.165, 1.54) is 0 Å². The van der Waals surface area contributed by atoms with Gasteiger partial charge in [-0.25, -0.2) is 9.97 Å². The molecule has 2 heterocycles. The molecule has 0 bridgehead atoms. The highest BCUT2D eigenvalue weighted by Gasteiger charge is 2.32. The predicted octanol–water partition coefficient (Wildman–Crippen LogP) is 1.98. The normalized spacial score (nSPS) is 16.7. The first kappa shape index (κ1) is 20.2. The van der Waals surface area contributed by atoms with Crippen LogP contribution in [-0.2, 0) is 10.9 Å². The minimum atomic E-state index is -4.48. The van der Waals surface area contributed by atoms with Crippen LogP contribution >= 0.6 is 0 Å². The fourth-order valence-corrected chi connectivity index (χ4v) is 2.75. The highest BCUT2D eigenvalue weighted by Crippen LogP contribution is 2.27. The van der Waals surface area contributed by atoms with E-state index in [9.17, 15) is 13.2 Å². The summed E-state index contributed by atoms with van der Waals surface area (Å²) >= 11 is 0. The molecule has 7 nitrogen and oxygen atoms in total. The fourth-order valence-electron chi connectivity index (χ4n) is 2.75. The van der Waals surface area contributed by atoms with E-state index in [0.29, 0.717) is 19.2 Å². The van der Waals surface area contributed by atoms with Crippen LogP contribution in [0, 0.1) is 0 Å². The molecule has 0 aromatic carbocycles. The fraction of sp³-hybridized carbons (Fsp3) is 0.688. The number of hydrogen-bond donors (Lipinski definition) is 2. The van der Waals surface area contributed by atoms with Crippen molar-refractivity contribution in [1.29, 1.82) is 0 Å². The van der Waals surface area contributed by atoms with E-state index in [-0.39, 0.29) is 5.95 Å². The Morgan fingerprint density at radius 3 is 2.69 bits per heavy atom. The lowest BCUT2D eigenvalue weighted by molar-refractivity contribution is -0.141. The van der Waals surface area contributed by atoms with E-state index in [1.807, 2.05) is 6.92 Å². The number of aliphatic imine (C=N–C) groups is 1. The second-order valence-electron chi connectivity index (χ2n) is 5.81. The van der Waals surface area contributed by atoms with Gasteiger partial charge in [0.1, 0.15) is 5.69 Å². The van der Waals surface area contributed by atoms with Crippen molar-refractivity contribution in [3.63, 3.8) is 0 Å². The first-order valence-electron chi connectivity index (χ1n) is 8.65. The van der Waals surface area contributed by atoms with Gasteiger partial charge in [-0.3, -0.25) is 4.99 Å². The Morgan fingerprint density at radius 2 is 2.08 bits per heavy atom. The zero-order chi connectivity index (χ0) is 19.0. The van der Waals surface area contributed by atoms with Gasteiger partial charge >= 0.3 is 6.18 Å². The van der Waals surface area contributed by atoms with Crippen LogP contribution in [0.1, 0.15) is 25.5 Å². The summed E-state index contributed by atoms with van der Waals surface area (Å²) in [5.74, 6) is 0.723. The van der Waals surface area contributed by atoms with Gasteiger partial charge in [0.25, 0.3) is 0 Å². The molecule has 0 amide bonds. The first-order chi connectivity index (χ1) is 12.4. The van der Waals surface area contributed by atoms with Gasteiger partial charge in [0.2, 0.25) is 5.95 Å². The molecule has 2 rings (SSSR count). The maximum absolute atomic E-state index is 12.6. The van der Waals surface area contributed by atoms with E-state index < -0.39 is 11.9 Å². The number of rotatable bonds is 6. The highest BCUT2D eigenvalue weighted by atomic mass is 19.4. The second-order valence-corrected chi connectivity index (χ2v) is 5.81. The molecule has 0 saturated carbocycles. The van der Waals surface area contributed by atoms with Crippen LogP contribution in [0.25, 0.3) is 0 Å². The third kappa shape index (κ3) is 6.01. The van der Waals surface area contributed by atoms with Crippen molar-refractivity contribution in [2.45, 2.75) is 32.0 Å². The Labute approximate surface area is 151 Å². The van der Waals surface area contributed by atoms with Gasteiger partial charge in [0, 0.05) is 46.0 Å². The standard InChI is InChI=1S/C16H25F3N6O/c1-3-26-12-5-10-25(11-6-12)15(20-2)23-9-8-22-14-21-7-4-13(24-14)16(17,18)19/h4,7,12H,3,5-6,8-11H2,1-2H3,(H,20,23)(H,21,22,24). The number of likely N-dealkylation sites (tertiary alicyclic amines) is 1. The Hall–Kier alpha value is -2.10. The minimum Gasteiger partial charge on any atom is -0.378 e. The van der Waals surface area contributed by atoms with E-state index in [2.05, 4.69) is 30.5 Å². The molecule has 0 radical (unpaired) electrons. The lowest BCUT2D eigenvalue weighted by Crippen LogP contribution is -2.47. The zero-order valence-corrected chi connectivity index (χ0v) is 15.0. The lowest BCUT2D eigenvalue weighted by atomic mass is 10.1. The maximum atomic E-state index is 12.6. The number of anilines is 1. The van der Waals surface area contributed by atoms with Gasteiger partial charge in [-0.05, 0) is 25.8 Å². The van der Waals surface area contributed by atoms with E-state index in [1.54, 1.807) is 7.05 Å². The molecule has 146 valence electrons. The molecular weight excluding hydrogens is 349 g/mol. The summed E-state index contributed by atoms with van der Waals surface area (Å²) in [7, 11) is 1.71. The van der Waals surface area contributed by atoms with Crippen LogP contribution in [-0.4, -0.2) is 66.8 Å². The van der Waals surface area contributed by atoms with Gasteiger partial charge in [-0.1, -0.05) is 0 Å². The average Bonchev–Trinajstić information content (AvgIpc) is 2.63. The van der Waals surface area contributed by atoms with Gasteiger partial charge in [0.05, 0.1) is 6.10 Å². The number of piperidine rings is 1. The summed E-state index contributed by atoms with van der Waals surface area (Å²) in [4.78, 5) is 13.7. The topological polar surface area (TPSA) is 74.7 Å². The number of nitrogens with one attached hydrogen (secondary N) is 2. The monoisotopic (exact) mass is 374 g/mol. The molecule has 1 aromatic rings. The molecule has 0 spiro atoms. The summed E-state index contributed by atoms with van der Waals surface area (Å²) in [5.41, 5.74) is -0.962. The molecule has 1 aromatic heterocycles. The van der Waals surface area contributed by atoms with Crippen molar-refractivity contribution in [2.24, 2.45) is 4.99 Å². The summed E-state index contributed by atoms with van der Waals surface area (Å²) in [6.45, 7) is 5.28. The minimum absolute atomic E-state index is 0.0471.